The first-order valence-corrected chi connectivity index (χ1v) is 8.16. The first-order valence-electron chi connectivity index (χ1n) is 8.16. The molecule has 24 heavy (non-hydrogen) atoms. The lowest BCUT2D eigenvalue weighted by Crippen LogP contribution is -2.28. The molecule has 0 aliphatic rings. The van der Waals surface area contributed by atoms with Crippen LogP contribution in [0.3, 0.4) is 0 Å². The summed E-state index contributed by atoms with van der Waals surface area (Å²) in [7, 11) is 0. The zero-order chi connectivity index (χ0) is 17.0. The van der Waals surface area contributed by atoms with Crippen LogP contribution in [0.2, 0.25) is 0 Å². The maximum Gasteiger partial charge on any atom is 0.238 e. The van der Waals surface area contributed by atoms with Crippen LogP contribution < -0.4 is 15.4 Å². The first-order chi connectivity index (χ1) is 11.8. The molecule has 4 heteroatoms. The molecular weight excluding hydrogens is 300 g/mol. The van der Waals surface area contributed by atoms with Gasteiger partial charge in [0.05, 0.1) is 13.2 Å². The molecule has 0 aromatic heterocycles. The Bertz CT molecular complexity index is 641. The first kappa shape index (κ1) is 17.8. The number of anilines is 1. The van der Waals surface area contributed by atoms with Crippen molar-refractivity contribution in [1.29, 1.82) is 0 Å². The van der Waals surface area contributed by atoms with Gasteiger partial charge in [-0.2, -0.15) is 0 Å². The van der Waals surface area contributed by atoms with Crippen LogP contribution in [0.4, 0.5) is 5.69 Å². The van der Waals surface area contributed by atoms with E-state index in [1.165, 1.54) is 5.56 Å². The fourth-order valence-corrected chi connectivity index (χ4v) is 2.27. The largest absolute Gasteiger partial charge is 0.494 e. The van der Waals surface area contributed by atoms with Crippen LogP contribution in [0.15, 0.2) is 67.3 Å². The van der Waals surface area contributed by atoms with E-state index in [1.807, 2.05) is 42.5 Å². The number of carbonyl (C=O) groups is 1. The van der Waals surface area contributed by atoms with Crippen molar-refractivity contribution in [1.82, 2.24) is 5.32 Å². The Morgan fingerprint density at radius 1 is 1.12 bits per heavy atom. The minimum atomic E-state index is -0.0851. The molecule has 2 rings (SSSR count). The molecule has 0 bridgehead atoms. The van der Waals surface area contributed by atoms with Crippen LogP contribution in [0, 0.1) is 0 Å². The molecule has 0 saturated heterocycles. The summed E-state index contributed by atoms with van der Waals surface area (Å²) in [5.41, 5.74) is 2.05. The van der Waals surface area contributed by atoms with E-state index in [4.69, 9.17) is 4.74 Å². The number of carbonyl (C=O) groups excluding carboxylic acids is 1. The van der Waals surface area contributed by atoms with E-state index in [0.29, 0.717) is 13.2 Å². The molecule has 126 valence electrons. The van der Waals surface area contributed by atoms with Crippen LogP contribution >= 0.6 is 0 Å². The smallest absolute Gasteiger partial charge is 0.238 e. The zero-order valence-corrected chi connectivity index (χ0v) is 13.8. The van der Waals surface area contributed by atoms with E-state index >= 15 is 0 Å². The van der Waals surface area contributed by atoms with Gasteiger partial charge in [0.1, 0.15) is 5.75 Å². The number of benzene rings is 2. The normalized spacial score (nSPS) is 10.2. The van der Waals surface area contributed by atoms with Crippen LogP contribution in [-0.2, 0) is 11.2 Å². The highest BCUT2D eigenvalue weighted by molar-refractivity contribution is 5.92. The predicted octanol–water partition coefficient (Wildman–Crippen LogP) is 3.41. The van der Waals surface area contributed by atoms with Crippen LogP contribution in [-0.4, -0.2) is 25.6 Å². The molecule has 1 amide bonds. The van der Waals surface area contributed by atoms with Crippen molar-refractivity contribution in [3.63, 3.8) is 0 Å². The van der Waals surface area contributed by atoms with Gasteiger partial charge < -0.3 is 15.4 Å². The highest BCUT2D eigenvalue weighted by atomic mass is 16.5. The standard InChI is InChI=1S/C20H24N2O2/c1-2-13-21-16-20(23)22-18-11-6-12-19(15-18)24-14-7-10-17-8-4-3-5-9-17/h2-6,8-9,11-12,15,21H,1,7,10,13-14,16H2,(H,22,23). The highest BCUT2D eigenvalue weighted by Crippen LogP contribution is 2.17. The molecule has 0 atom stereocenters. The third kappa shape index (κ3) is 6.67. The maximum absolute atomic E-state index is 11.8. The van der Waals surface area contributed by atoms with Crippen LogP contribution in [0.25, 0.3) is 0 Å². The lowest BCUT2D eigenvalue weighted by Gasteiger charge is -2.09. The van der Waals surface area contributed by atoms with Gasteiger partial charge in [-0.3, -0.25) is 4.79 Å². The molecule has 2 aromatic carbocycles. The van der Waals surface area contributed by atoms with E-state index in [2.05, 4.69) is 29.3 Å². The van der Waals surface area contributed by atoms with Crippen molar-refractivity contribution in [3.05, 3.63) is 72.8 Å². The summed E-state index contributed by atoms with van der Waals surface area (Å²) in [4.78, 5) is 11.8. The fourth-order valence-electron chi connectivity index (χ4n) is 2.27. The van der Waals surface area contributed by atoms with Gasteiger partial charge in [0.25, 0.3) is 0 Å². The molecule has 0 radical (unpaired) electrons. The topological polar surface area (TPSA) is 50.4 Å². The molecule has 2 N–H and O–H groups in total. The number of hydrogen-bond acceptors (Lipinski definition) is 3. The third-order valence-electron chi connectivity index (χ3n) is 3.41. The molecule has 0 spiro atoms. The monoisotopic (exact) mass is 324 g/mol. The van der Waals surface area contributed by atoms with Gasteiger partial charge in [-0.15, -0.1) is 6.58 Å². The zero-order valence-electron chi connectivity index (χ0n) is 13.8. The number of rotatable bonds is 10. The van der Waals surface area contributed by atoms with Gasteiger partial charge >= 0.3 is 0 Å². The third-order valence-corrected chi connectivity index (χ3v) is 3.41. The van der Waals surface area contributed by atoms with Crippen molar-refractivity contribution >= 4 is 11.6 Å². The lowest BCUT2D eigenvalue weighted by molar-refractivity contribution is -0.115. The molecule has 0 aliphatic heterocycles. The summed E-state index contributed by atoms with van der Waals surface area (Å²) in [6.07, 6.45) is 3.66. The molecular formula is C20H24N2O2. The second kappa shape index (κ2) is 10.2. The average molecular weight is 324 g/mol. The van der Waals surface area contributed by atoms with Crippen molar-refractivity contribution in [3.8, 4) is 5.75 Å². The quantitative estimate of drug-likeness (QED) is 0.520. The van der Waals surface area contributed by atoms with E-state index in [0.717, 1.165) is 24.3 Å². The van der Waals surface area contributed by atoms with Gasteiger partial charge in [0, 0.05) is 18.3 Å². The summed E-state index contributed by atoms with van der Waals surface area (Å²) in [6, 6.07) is 17.8. The van der Waals surface area contributed by atoms with Crippen molar-refractivity contribution in [2.75, 3.05) is 25.0 Å². The summed E-state index contributed by atoms with van der Waals surface area (Å²) >= 11 is 0. The average Bonchev–Trinajstić information content (AvgIpc) is 2.60. The van der Waals surface area contributed by atoms with Crippen LogP contribution in [0.5, 0.6) is 5.75 Å². The molecule has 0 fully saturated rings. The summed E-state index contributed by atoms with van der Waals surface area (Å²) in [5, 5.41) is 5.81. The summed E-state index contributed by atoms with van der Waals surface area (Å²) in [5.74, 6) is 0.679. The van der Waals surface area contributed by atoms with E-state index in [9.17, 15) is 4.79 Å². The lowest BCUT2D eigenvalue weighted by atomic mass is 10.1. The number of hydrogen-bond donors (Lipinski definition) is 2. The molecule has 2 aromatic rings. The Morgan fingerprint density at radius 2 is 1.96 bits per heavy atom. The van der Waals surface area contributed by atoms with Gasteiger partial charge in [-0.05, 0) is 30.5 Å². The SMILES string of the molecule is C=CCNCC(=O)Nc1cccc(OCCCc2ccccc2)c1. The van der Waals surface area contributed by atoms with Gasteiger partial charge in [0.15, 0.2) is 0 Å². The Hall–Kier alpha value is -2.59. The molecule has 4 nitrogen and oxygen atoms in total. The Morgan fingerprint density at radius 3 is 2.75 bits per heavy atom. The fraction of sp³-hybridized carbons (Fsp3) is 0.250. The van der Waals surface area contributed by atoms with Crippen molar-refractivity contribution in [2.45, 2.75) is 12.8 Å². The van der Waals surface area contributed by atoms with Gasteiger partial charge in [0.2, 0.25) is 5.91 Å². The second-order valence-corrected chi connectivity index (χ2v) is 5.43. The highest BCUT2D eigenvalue weighted by Gasteiger charge is 2.03. The summed E-state index contributed by atoms with van der Waals surface area (Å²) in [6.45, 7) is 5.11. The van der Waals surface area contributed by atoms with Gasteiger partial charge in [-0.1, -0.05) is 42.5 Å². The van der Waals surface area contributed by atoms with Crippen LogP contribution in [0.1, 0.15) is 12.0 Å². The predicted molar refractivity (Wildman–Crippen MR) is 98.4 cm³/mol. The Balaban J connectivity index is 1.73. The minimum Gasteiger partial charge on any atom is -0.494 e. The maximum atomic E-state index is 11.8. The van der Waals surface area contributed by atoms with E-state index in [1.54, 1.807) is 6.08 Å². The summed E-state index contributed by atoms with van der Waals surface area (Å²) < 4.78 is 5.77. The molecule has 0 aliphatic carbocycles. The minimum absolute atomic E-state index is 0.0851. The molecule has 0 saturated carbocycles. The molecule has 0 heterocycles. The number of amides is 1. The molecule has 0 unspecified atom stereocenters. The second-order valence-electron chi connectivity index (χ2n) is 5.43. The Labute approximate surface area is 143 Å². The van der Waals surface area contributed by atoms with Crippen molar-refractivity contribution in [2.24, 2.45) is 0 Å². The van der Waals surface area contributed by atoms with E-state index in [-0.39, 0.29) is 12.5 Å². The number of nitrogens with one attached hydrogen (secondary N) is 2. The number of aryl methyl sites for hydroxylation is 1. The number of ether oxygens (including phenoxy) is 1. The van der Waals surface area contributed by atoms with Crippen molar-refractivity contribution < 1.29 is 9.53 Å². The van der Waals surface area contributed by atoms with Gasteiger partial charge in [-0.25, -0.2) is 0 Å². The Kier molecular flexibility index (Phi) is 7.57. The van der Waals surface area contributed by atoms with E-state index < -0.39 is 0 Å².